The number of rotatable bonds is 3. The predicted octanol–water partition coefficient (Wildman–Crippen LogP) is 1.17. The SMILES string of the molecule is Cc1[nH]nc(C(=O)O)c1S(=O)(=O)N1CCc2ccccc21. The van der Waals surface area contributed by atoms with Gasteiger partial charge in [-0.3, -0.25) is 9.40 Å². The standard InChI is InChI=1S/C13H13N3O4S/c1-8-12(11(13(17)18)15-14-8)21(19,20)16-7-6-9-4-2-3-5-10(9)16/h2-5H,6-7H2,1H3,(H,14,15)(H,17,18). The van der Waals surface area contributed by atoms with Crippen molar-refractivity contribution in [2.24, 2.45) is 0 Å². The number of aromatic nitrogens is 2. The summed E-state index contributed by atoms with van der Waals surface area (Å²) >= 11 is 0. The molecular weight excluding hydrogens is 294 g/mol. The molecule has 0 atom stereocenters. The highest BCUT2D eigenvalue weighted by Gasteiger charge is 2.36. The van der Waals surface area contributed by atoms with Crippen molar-refractivity contribution in [2.75, 3.05) is 10.8 Å². The summed E-state index contributed by atoms with van der Waals surface area (Å²) in [5.74, 6) is -1.37. The minimum absolute atomic E-state index is 0.219. The maximum absolute atomic E-state index is 12.8. The number of para-hydroxylation sites is 1. The van der Waals surface area contributed by atoms with Crippen LogP contribution < -0.4 is 4.31 Å². The molecule has 0 bridgehead atoms. The molecule has 0 radical (unpaired) electrons. The zero-order valence-electron chi connectivity index (χ0n) is 11.2. The van der Waals surface area contributed by atoms with Gasteiger partial charge in [0.05, 0.1) is 11.4 Å². The molecule has 3 rings (SSSR count). The van der Waals surface area contributed by atoms with Crippen LogP contribution in [-0.4, -0.2) is 36.2 Å². The second kappa shape index (κ2) is 4.59. The van der Waals surface area contributed by atoms with E-state index in [1.807, 2.05) is 12.1 Å². The monoisotopic (exact) mass is 307 g/mol. The van der Waals surface area contributed by atoms with E-state index in [0.717, 1.165) is 5.56 Å². The number of H-pyrrole nitrogens is 1. The van der Waals surface area contributed by atoms with E-state index in [1.165, 1.54) is 11.2 Å². The third kappa shape index (κ3) is 1.99. The highest BCUT2D eigenvalue weighted by atomic mass is 32.2. The zero-order chi connectivity index (χ0) is 15.2. The third-order valence-corrected chi connectivity index (χ3v) is 5.46. The van der Waals surface area contributed by atoms with E-state index in [9.17, 15) is 13.2 Å². The van der Waals surface area contributed by atoms with E-state index in [1.54, 1.807) is 12.1 Å². The summed E-state index contributed by atoms with van der Waals surface area (Å²) in [6.45, 7) is 1.79. The molecule has 2 heterocycles. The molecule has 2 aromatic rings. The van der Waals surface area contributed by atoms with E-state index in [2.05, 4.69) is 10.2 Å². The highest BCUT2D eigenvalue weighted by molar-refractivity contribution is 7.93. The number of anilines is 1. The number of carboxylic acids is 1. The molecule has 0 saturated heterocycles. The molecule has 0 amide bonds. The molecule has 0 unspecified atom stereocenters. The Hall–Kier alpha value is -2.35. The van der Waals surface area contributed by atoms with Crippen molar-refractivity contribution in [1.82, 2.24) is 10.2 Å². The summed E-state index contributed by atoms with van der Waals surface area (Å²) in [4.78, 5) is 10.9. The van der Waals surface area contributed by atoms with Crippen LogP contribution in [0.15, 0.2) is 29.2 Å². The Bertz CT molecular complexity index is 826. The maximum Gasteiger partial charge on any atom is 0.357 e. The van der Waals surface area contributed by atoms with Gasteiger partial charge in [0.15, 0.2) is 5.69 Å². The largest absolute Gasteiger partial charge is 0.476 e. The molecule has 21 heavy (non-hydrogen) atoms. The molecule has 110 valence electrons. The number of sulfonamides is 1. The number of hydrogen-bond donors (Lipinski definition) is 2. The Morgan fingerprint density at radius 3 is 2.81 bits per heavy atom. The Labute approximate surface area is 121 Å². The summed E-state index contributed by atoms with van der Waals surface area (Å²) < 4.78 is 26.9. The van der Waals surface area contributed by atoms with Gasteiger partial charge in [-0.25, -0.2) is 13.2 Å². The lowest BCUT2D eigenvalue weighted by Gasteiger charge is -2.19. The van der Waals surface area contributed by atoms with Crippen LogP contribution in [0.2, 0.25) is 0 Å². The lowest BCUT2D eigenvalue weighted by molar-refractivity contribution is 0.0686. The second-order valence-corrected chi connectivity index (χ2v) is 6.59. The van der Waals surface area contributed by atoms with Crippen molar-refractivity contribution in [3.63, 3.8) is 0 Å². The van der Waals surface area contributed by atoms with Crippen molar-refractivity contribution in [3.8, 4) is 0 Å². The first-order valence-corrected chi connectivity index (χ1v) is 7.76. The van der Waals surface area contributed by atoms with E-state index in [0.29, 0.717) is 18.7 Å². The maximum atomic E-state index is 12.8. The fraction of sp³-hybridized carbons (Fsp3) is 0.231. The number of hydrogen-bond acceptors (Lipinski definition) is 4. The van der Waals surface area contributed by atoms with Gasteiger partial charge < -0.3 is 5.11 Å². The molecule has 8 heteroatoms. The lowest BCUT2D eigenvalue weighted by atomic mass is 10.2. The minimum Gasteiger partial charge on any atom is -0.476 e. The quantitative estimate of drug-likeness (QED) is 0.886. The van der Waals surface area contributed by atoms with Crippen LogP contribution in [0.5, 0.6) is 0 Å². The Kier molecular flexibility index (Phi) is 2.98. The first-order valence-electron chi connectivity index (χ1n) is 6.32. The van der Waals surface area contributed by atoms with E-state index in [4.69, 9.17) is 5.11 Å². The normalized spacial score (nSPS) is 14.2. The first-order chi connectivity index (χ1) is 9.93. The first kappa shape index (κ1) is 13.6. The van der Waals surface area contributed by atoms with Crippen molar-refractivity contribution in [1.29, 1.82) is 0 Å². The van der Waals surface area contributed by atoms with Crippen molar-refractivity contribution >= 4 is 21.7 Å². The van der Waals surface area contributed by atoms with Gasteiger partial charge in [-0.15, -0.1) is 0 Å². The smallest absolute Gasteiger partial charge is 0.357 e. The van der Waals surface area contributed by atoms with E-state index in [-0.39, 0.29) is 10.6 Å². The Balaban J connectivity index is 2.16. The van der Waals surface area contributed by atoms with Crippen LogP contribution in [0.25, 0.3) is 0 Å². The minimum atomic E-state index is -3.96. The molecular formula is C13H13N3O4S. The van der Waals surface area contributed by atoms with Crippen molar-refractivity contribution in [3.05, 3.63) is 41.2 Å². The number of aromatic carboxylic acids is 1. The van der Waals surface area contributed by atoms with Crippen LogP contribution >= 0.6 is 0 Å². The molecule has 2 N–H and O–H groups in total. The molecule has 0 fully saturated rings. The summed E-state index contributed by atoms with van der Waals surface area (Å²) in [5.41, 5.74) is 1.27. The molecule has 0 saturated carbocycles. The topological polar surface area (TPSA) is 103 Å². The van der Waals surface area contributed by atoms with E-state index < -0.39 is 21.7 Å². The number of nitrogens with one attached hydrogen (secondary N) is 1. The summed E-state index contributed by atoms with van der Waals surface area (Å²) in [5, 5.41) is 15.1. The molecule has 0 aliphatic carbocycles. The van der Waals surface area contributed by atoms with Crippen LogP contribution in [-0.2, 0) is 16.4 Å². The second-order valence-electron chi connectivity index (χ2n) is 4.79. The summed E-state index contributed by atoms with van der Waals surface area (Å²) in [7, 11) is -3.96. The number of carbonyl (C=O) groups is 1. The number of aryl methyl sites for hydroxylation is 1. The fourth-order valence-corrected chi connectivity index (χ4v) is 4.35. The van der Waals surface area contributed by atoms with Crippen LogP contribution in [0.3, 0.4) is 0 Å². The third-order valence-electron chi connectivity index (χ3n) is 3.49. The summed E-state index contributed by atoms with van der Waals surface area (Å²) in [6.07, 6.45) is 0.606. The Morgan fingerprint density at radius 2 is 2.10 bits per heavy atom. The number of nitrogens with zero attached hydrogens (tertiary/aromatic N) is 2. The van der Waals surface area contributed by atoms with Gasteiger partial charge in [-0.05, 0) is 25.0 Å². The van der Waals surface area contributed by atoms with Gasteiger partial charge in [0, 0.05) is 6.54 Å². The van der Waals surface area contributed by atoms with Crippen molar-refractivity contribution in [2.45, 2.75) is 18.2 Å². The van der Waals surface area contributed by atoms with Gasteiger partial charge in [0.1, 0.15) is 4.90 Å². The van der Waals surface area contributed by atoms with Gasteiger partial charge in [-0.2, -0.15) is 5.10 Å². The highest BCUT2D eigenvalue weighted by Crippen LogP contribution is 2.34. The Morgan fingerprint density at radius 1 is 1.38 bits per heavy atom. The molecule has 1 aromatic heterocycles. The van der Waals surface area contributed by atoms with Gasteiger partial charge in [0.25, 0.3) is 10.0 Å². The predicted molar refractivity (Wildman–Crippen MR) is 75.0 cm³/mol. The summed E-state index contributed by atoms with van der Waals surface area (Å²) in [6, 6.07) is 7.19. The van der Waals surface area contributed by atoms with Crippen molar-refractivity contribution < 1.29 is 18.3 Å². The average Bonchev–Trinajstić information content (AvgIpc) is 3.02. The molecule has 1 aliphatic rings. The molecule has 7 nitrogen and oxygen atoms in total. The number of aromatic amines is 1. The van der Waals surface area contributed by atoms with Crippen LogP contribution in [0.4, 0.5) is 5.69 Å². The zero-order valence-corrected chi connectivity index (χ0v) is 12.0. The van der Waals surface area contributed by atoms with Gasteiger partial charge in [0.2, 0.25) is 0 Å². The van der Waals surface area contributed by atoms with Gasteiger partial charge in [-0.1, -0.05) is 18.2 Å². The molecule has 1 aromatic carbocycles. The number of carboxylic acid groups (broad SMARTS) is 1. The van der Waals surface area contributed by atoms with Gasteiger partial charge >= 0.3 is 5.97 Å². The van der Waals surface area contributed by atoms with Crippen LogP contribution in [0, 0.1) is 6.92 Å². The van der Waals surface area contributed by atoms with E-state index >= 15 is 0 Å². The fourth-order valence-electron chi connectivity index (χ4n) is 2.55. The molecule has 1 aliphatic heterocycles. The number of benzene rings is 1. The lowest BCUT2D eigenvalue weighted by Crippen LogP contribution is -2.30. The molecule has 0 spiro atoms. The average molecular weight is 307 g/mol. The van der Waals surface area contributed by atoms with Crippen LogP contribution in [0.1, 0.15) is 21.7 Å². The number of fused-ring (bicyclic) bond motifs is 1.